The SMILES string of the molecule is CN1CCOC(COc2cc(-c3ccc(N4CCC(C)(NC(=O)c5ncccc5Cl)CC4)nc3)c3c(C#N)cnn3c2)C1. The number of aromatic nitrogens is 4. The van der Waals surface area contributed by atoms with Crippen molar-refractivity contribution in [1.29, 1.82) is 5.26 Å². The summed E-state index contributed by atoms with van der Waals surface area (Å²) in [4.78, 5) is 26.2. The molecule has 2 aliphatic heterocycles. The second kappa shape index (κ2) is 12.2. The number of carbonyl (C=O) groups is 1. The number of piperidine rings is 1. The third-order valence-electron chi connectivity index (χ3n) is 8.12. The Hall–Kier alpha value is -4.24. The van der Waals surface area contributed by atoms with E-state index in [9.17, 15) is 10.1 Å². The van der Waals surface area contributed by atoms with Crippen molar-refractivity contribution in [3.05, 3.63) is 71.4 Å². The van der Waals surface area contributed by atoms with Gasteiger partial charge >= 0.3 is 0 Å². The highest BCUT2D eigenvalue weighted by molar-refractivity contribution is 6.33. The van der Waals surface area contributed by atoms with E-state index in [1.165, 1.54) is 0 Å². The average Bonchev–Trinajstić information content (AvgIpc) is 3.43. The molecule has 0 aliphatic carbocycles. The number of carbonyl (C=O) groups excluding carboxylic acids is 1. The molecule has 0 aromatic carbocycles. The third kappa shape index (κ3) is 6.27. The summed E-state index contributed by atoms with van der Waals surface area (Å²) in [7, 11) is 2.07. The van der Waals surface area contributed by atoms with Crippen LogP contribution in [-0.4, -0.2) is 88.5 Å². The van der Waals surface area contributed by atoms with Gasteiger partial charge in [-0.1, -0.05) is 11.6 Å². The first-order valence-electron chi connectivity index (χ1n) is 14.3. The van der Waals surface area contributed by atoms with Crippen molar-refractivity contribution < 1.29 is 14.3 Å². The summed E-state index contributed by atoms with van der Waals surface area (Å²) < 4.78 is 13.7. The molecule has 0 radical (unpaired) electrons. The molecule has 0 spiro atoms. The zero-order valence-corrected chi connectivity index (χ0v) is 24.9. The van der Waals surface area contributed by atoms with Crippen LogP contribution in [0.4, 0.5) is 5.82 Å². The minimum absolute atomic E-state index is 0.0151. The predicted molar refractivity (Wildman–Crippen MR) is 162 cm³/mol. The predicted octanol–water partition coefficient (Wildman–Crippen LogP) is 3.81. The van der Waals surface area contributed by atoms with E-state index in [1.807, 2.05) is 31.3 Å². The van der Waals surface area contributed by atoms with Gasteiger partial charge in [0.05, 0.1) is 35.1 Å². The van der Waals surface area contributed by atoms with Gasteiger partial charge in [0.15, 0.2) is 0 Å². The molecule has 2 fully saturated rings. The maximum absolute atomic E-state index is 12.8. The van der Waals surface area contributed by atoms with Crippen LogP contribution < -0.4 is 15.0 Å². The molecule has 0 saturated carbocycles. The summed E-state index contributed by atoms with van der Waals surface area (Å²) in [5.74, 6) is 1.22. The van der Waals surface area contributed by atoms with Gasteiger partial charge < -0.3 is 24.6 Å². The Labute approximate surface area is 255 Å². The molecule has 4 aromatic rings. The lowest BCUT2D eigenvalue weighted by molar-refractivity contribution is -0.0404. The van der Waals surface area contributed by atoms with Crippen molar-refractivity contribution in [1.82, 2.24) is 29.8 Å². The Morgan fingerprint density at radius 3 is 2.79 bits per heavy atom. The molecule has 0 bridgehead atoms. The number of ether oxygens (including phenoxy) is 2. The number of nitrogens with zero attached hydrogens (tertiary/aromatic N) is 7. The van der Waals surface area contributed by atoms with Crippen LogP contribution in [-0.2, 0) is 4.74 Å². The molecule has 2 aliphatic rings. The Bertz CT molecular complexity index is 1660. The molecule has 43 heavy (non-hydrogen) atoms. The van der Waals surface area contributed by atoms with Crippen molar-refractivity contribution in [2.24, 2.45) is 0 Å². The number of likely N-dealkylation sites (N-methyl/N-ethyl adjacent to an activating group) is 1. The molecular weight excluding hydrogens is 568 g/mol. The summed E-state index contributed by atoms with van der Waals surface area (Å²) >= 11 is 6.17. The highest BCUT2D eigenvalue weighted by atomic mass is 35.5. The van der Waals surface area contributed by atoms with Gasteiger partial charge in [-0.2, -0.15) is 10.4 Å². The van der Waals surface area contributed by atoms with Crippen LogP contribution in [0.1, 0.15) is 35.8 Å². The minimum Gasteiger partial charge on any atom is -0.489 e. The van der Waals surface area contributed by atoms with Crippen molar-refractivity contribution in [2.45, 2.75) is 31.4 Å². The first kappa shape index (κ1) is 28.9. The Balaban J connectivity index is 1.16. The topological polar surface area (TPSA) is 121 Å². The molecule has 11 nitrogen and oxygen atoms in total. The van der Waals surface area contributed by atoms with Gasteiger partial charge in [0, 0.05) is 55.2 Å². The summed E-state index contributed by atoms with van der Waals surface area (Å²) in [6.45, 7) is 6.33. The van der Waals surface area contributed by atoms with Gasteiger partial charge in [-0.05, 0) is 57.1 Å². The molecular formula is C31H33ClN8O3. The first-order chi connectivity index (χ1) is 20.8. The standard InChI is InChI=1S/C31H33ClN8O3/c1-31(37-30(41)28-26(32)4-3-9-34-28)7-10-39(11-8-31)27-6-5-21(16-35-27)25-14-23(19-40-29(25)22(15-33)17-36-40)43-20-24-18-38(2)12-13-42-24/h3-6,9,14,16-17,19,24H,7-8,10-13,18,20H2,1-2H3,(H,37,41). The molecule has 4 aromatic heterocycles. The Morgan fingerprint density at radius 1 is 1.23 bits per heavy atom. The third-order valence-corrected chi connectivity index (χ3v) is 8.43. The largest absolute Gasteiger partial charge is 0.489 e. The van der Waals surface area contributed by atoms with Crippen LogP contribution >= 0.6 is 11.6 Å². The van der Waals surface area contributed by atoms with E-state index in [1.54, 1.807) is 35.2 Å². The van der Waals surface area contributed by atoms with Crippen LogP contribution in [0, 0.1) is 11.3 Å². The number of halogens is 1. The number of rotatable bonds is 7. The van der Waals surface area contributed by atoms with Crippen LogP contribution in [0.5, 0.6) is 5.75 Å². The van der Waals surface area contributed by atoms with E-state index >= 15 is 0 Å². The highest BCUT2D eigenvalue weighted by Gasteiger charge is 2.33. The Morgan fingerprint density at radius 2 is 2.07 bits per heavy atom. The smallest absolute Gasteiger partial charge is 0.271 e. The number of nitrogens with one attached hydrogen (secondary N) is 1. The van der Waals surface area contributed by atoms with E-state index in [2.05, 4.69) is 38.3 Å². The number of morpholine rings is 1. The minimum atomic E-state index is -0.381. The maximum Gasteiger partial charge on any atom is 0.271 e. The van der Waals surface area contributed by atoms with Gasteiger partial charge in [0.2, 0.25) is 0 Å². The van der Waals surface area contributed by atoms with Crippen molar-refractivity contribution in [3.63, 3.8) is 0 Å². The lowest BCUT2D eigenvalue weighted by Crippen LogP contribution is -2.53. The average molecular weight is 601 g/mol. The quantitative estimate of drug-likeness (QED) is 0.337. The molecule has 6 rings (SSSR count). The van der Waals surface area contributed by atoms with E-state index in [4.69, 9.17) is 26.1 Å². The van der Waals surface area contributed by atoms with Crippen LogP contribution in [0.2, 0.25) is 5.02 Å². The van der Waals surface area contributed by atoms with Gasteiger partial charge in [0.1, 0.15) is 36.0 Å². The van der Waals surface area contributed by atoms with Crippen LogP contribution in [0.25, 0.3) is 16.6 Å². The molecule has 1 amide bonds. The number of amides is 1. The van der Waals surface area contributed by atoms with E-state index in [0.717, 1.165) is 56.0 Å². The fourth-order valence-electron chi connectivity index (χ4n) is 5.61. The van der Waals surface area contributed by atoms with Gasteiger partial charge in [-0.25, -0.2) is 14.5 Å². The van der Waals surface area contributed by atoms with Crippen molar-refractivity contribution in [3.8, 4) is 22.9 Å². The molecule has 1 atom stereocenters. The number of hydrogen-bond donors (Lipinski definition) is 1. The summed E-state index contributed by atoms with van der Waals surface area (Å²) in [5.41, 5.74) is 2.71. The fourth-order valence-corrected chi connectivity index (χ4v) is 5.81. The van der Waals surface area contributed by atoms with E-state index in [0.29, 0.717) is 35.1 Å². The zero-order chi connectivity index (χ0) is 30.0. The summed E-state index contributed by atoms with van der Waals surface area (Å²) in [6, 6.07) is 11.5. The summed E-state index contributed by atoms with van der Waals surface area (Å²) in [6.07, 6.45) is 8.21. The number of nitriles is 1. The second-order valence-electron chi connectivity index (χ2n) is 11.4. The lowest BCUT2D eigenvalue weighted by Gasteiger charge is -2.40. The normalized spacial score (nSPS) is 18.7. The molecule has 6 heterocycles. The second-order valence-corrected chi connectivity index (χ2v) is 11.8. The zero-order valence-electron chi connectivity index (χ0n) is 24.2. The van der Waals surface area contributed by atoms with E-state index in [-0.39, 0.29) is 23.2 Å². The molecule has 1 N–H and O–H groups in total. The van der Waals surface area contributed by atoms with Crippen molar-refractivity contribution >= 4 is 28.8 Å². The highest BCUT2D eigenvalue weighted by Crippen LogP contribution is 2.32. The molecule has 2 saturated heterocycles. The summed E-state index contributed by atoms with van der Waals surface area (Å²) in [5, 5.41) is 17.6. The van der Waals surface area contributed by atoms with Gasteiger partial charge in [-0.3, -0.25) is 4.79 Å². The van der Waals surface area contributed by atoms with Crippen LogP contribution in [0.15, 0.2) is 55.1 Å². The first-order valence-corrected chi connectivity index (χ1v) is 14.7. The molecule has 222 valence electrons. The Kier molecular flexibility index (Phi) is 8.17. The van der Waals surface area contributed by atoms with Gasteiger partial charge in [0.25, 0.3) is 5.91 Å². The number of fused-ring (bicyclic) bond motifs is 1. The monoisotopic (exact) mass is 600 g/mol. The number of anilines is 1. The maximum atomic E-state index is 12.8. The fraction of sp³-hybridized carbons (Fsp3) is 0.387. The van der Waals surface area contributed by atoms with Crippen LogP contribution in [0.3, 0.4) is 0 Å². The number of pyridine rings is 3. The van der Waals surface area contributed by atoms with Gasteiger partial charge in [-0.15, -0.1) is 0 Å². The molecule has 1 unspecified atom stereocenters. The van der Waals surface area contributed by atoms with E-state index < -0.39 is 0 Å². The molecule has 12 heteroatoms. The van der Waals surface area contributed by atoms with Crippen molar-refractivity contribution in [2.75, 3.05) is 51.3 Å². The lowest BCUT2D eigenvalue weighted by atomic mass is 9.89. The number of hydrogen-bond acceptors (Lipinski definition) is 9.